The minimum atomic E-state index is -1.05. The van der Waals surface area contributed by atoms with Gasteiger partial charge in [-0.25, -0.2) is 4.79 Å². The molecule has 0 saturated heterocycles. The second kappa shape index (κ2) is 5.64. The summed E-state index contributed by atoms with van der Waals surface area (Å²) in [5.41, 5.74) is 2.37. The van der Waals surface area contributed by atoms with Crippen molar-refractivity contribution < 1.29 is 14.3 Å². The third-order valence-electron chi connectivity index (χ3n) is 3.40. The van der Waals surface area contributed by atoms with Crippen molar-refractivity contribution >= 4 is 11.7 Å². The zero-order chi connectivity index (χ0) is 15.6. The Bertz CT molecular complexity index is 620. The van der Waals surface area contributed by atoms with E-state index in [1.165, 1.54) is 11.6 Å². The van der Waals surface area contributed by atoms with Gasteiger partial charge in [0.2, 0.25) is 5.76 Å². The lowest BCUT2D eigenvalue weighted by atomic mass is 9.87. The van der Waals surface area contributed by atoms with Crippen molar-refractivity contribution in [2.75, 3.05) is 5.32 Å². The van der Waals surface area contributed by atoms with Crippen molar-refractivity contribution in [2.24, 2.45) is 0 Å². The summed E-state index contributed by atoms with van der Waals surface area (Å²) in [6, 6.07) is 11.3. The third-order valence-corrected chi connectivity index (χ3v) is 3.40. The van der Waals surface area contributed by atoms with Crippen LogP contribution in [-0.4, -0.2) is 11.1 Å². The molecule has 112 valence electrons. The Hall–Kier alpha value is -2.23. The third kappa shape index (κ3) is 3.66. The van der Waals surface area contributed by atoms with Gasteiger partial charge in [0.1, 0.15) is 5.76 Å². The van der Waals surface area contributed by atoms with Crippen molar-refractivity contribution in [2.45, 2.75) is 39.2 Å². The number of nitrogens with one attached hydrogen (secondary N) is 1. The first-order valence-corrected chi connectivity index (χ1v) is 6.97. The molecule has 0 bridgehead atoms. The fourth-order valence-corrected chi connectivity index (χ4v) is 2.09. The number of carboxylic acids is 1. The standard InChI is InChI=1S/C17H21NO3/c1-11(14-9-10-15(21-14)16(19)20)18-13-7-5-12(6-8-13)17(2,3)4/h5-11,18H,1-4H3,(H,19,20). The molecule has 0 aliphatic heterocycles. The summed E-state index contributed by atoms with van der Waals surface area (Å²) in [5.74, 6) is -0.489. The predicted octanol–water partition coefficient (Wildman–Crippen LogP) is 4.45. The second-order valence-electron chi connectivity index (χ2n) is 6.20. The molecule has 0 saturated carbocycles. The van der Waals surface area contributed by atoms with Crippen LogP contribution in [0.4, 0.5) is 5.69 Å². The van der Waals surface area contributed by atoms with Gasteiger partial charge < -0.3 is 14.8 Å². The van der Waals surface area contributed by atoms with Crippen LogP contribution < -0.4 is 5.32 Å². The van der Waals surface area contributed by atoms with Crippen LogP contribution in [0, 0.1) is 0 Å². The fourth-order valence-electron chi connectivity index (χ4n) is 2.09. The summed E-state index contributed by atoms with van der Waals surface area (Å²) in [7, 11) is 0. The highest BCUT2D eigenvalue weighted by atomic mass is 16.4. The quantitative estimate of drug-likeness (QED) is 0.872. The van der Waals surface area contributed by atoms with E-state index >= 15 is 0 Å². The molecule has 2 aromatic rings. The summed E-state index contributed by atoms with van der Waals surface area (Å²) in [6.07, 6.45) is 0. The van der Waals surface area contributed by atoms with Gasteiger partial charge in [0.05, 0.1) is 6.04 Å². The number of carboxylic acid groups (broad SMARTS) is 1. The molecule has 0 aliphatic rings. The number of anilines is 1. The highest BCUT2D eigenvalue weighted by Gasteiger charge is 2.15. The first-order valence-electron chi connectivity index (χ1n) is 6.97. The maximum atomic E-state index is 10.8. The molecular formula is C17H21NO3. The topological polar surface area (TPSA) is 62.5 Å². The highest BCUT2D eigenvalue weighted by Crippen LogP contribution is 2.26. The van der Waals surface area contributed by atoms with Crippen LogP contribution in [0.15, 0.2) is 40.8 Å². The predicted molar refractivity (Wildman–Crippen MR) is 82.8 cm³/mol. The van der Waals surface area contributed by atoms with Crippen molar-refractivity contribution in [3.63, 3.8) is 0 Å². The maximum absolute atomic E-state index is 10.8. The van der Waals surface area contributed by atoms with Crippen LogP contribution in [0.1, 0.15) is 55.6 Å². The normalized spacial score (nSPS) is 13.0. The van der Waals surface area contributed by atoms with E-state index < -0.39 is 5.97 Å². The second-order valence-corrected chi connectivity index (χ2v) is 6.20. The lowest BCUT2D eigenvalue weighted by molar-refractivity contribution is 0.0660. The first kappa shape index (κ1) is 15.2. The zero-order valence-electron chi connectivity index (χ0n) is 12.8. The average molecular weight is 287 g/mol. The van der Waals surface area contributed by atoms with E-state index in [1.807, 2.05) is 19.1 Å². The van der Waals surface area contributed by atoms with E-state index in [-0.39, 0.29) is 17.2 Å². The first-order chi connectivity index (χ1) is 9.77. The molecule has 2 N–H and O–H groups in total. The molecule has 4 heteroatoms. The zero-order valence-corrected chi connectivity index (χ0v) is 12.8. The van der Waals surface area contributed by atoms with Gasteiger partial charge in [-0.2, -0.15) is 0 Å². The van der Waals surface area contributed by atoms with E-state index in [0.29, 0.717) is 5.76 Å². The van der Waals surface area contributed by atoms with Crippen LogP contribution in [-0.2, 0) is 5.41 Å². The fraction of sp³-hybridized carbons (Fsp3) is 0.353. The number of rotatable bonds is 4. The minimum Gasteiger partial charge on any atom is -0.475 e. The lowest BCUT2D eigenvalue weighted by Gasteiger charge is -2.20. The van der Waals surface area contributed by atoms with Crippen LogP contribution in [0.2, 0.25) is 0 Å². The van der Waals surface area contributed by atoms with E-state index in [0.717, 1.165) is 5.69 Å². The number of furan rings is 1. The van der Waals surface area contributed by atoms with Gasteiger partial charge in [0.15, 0.2) is 0 Å². The largest absolute Gasteiger partial charge is 0.475 e. The molecule has 1 atom stereocenters. The Kier molecular flexibility index (Phi) is 4.07. The Balaban J connectivity index is 2.08. The van der Waals surface area contributed by atoms with Gasteiger partial charge in [-0.3, -0.25) is 0 Å². The van der Waals surface area contributed by atoms with Crippen molar-refractivity contribution in [1.82, 2.24) is 0 Å². The molecule has 1 aromatic heterocycles. The lowest BCUT2D eigenvalue weighted by Crippen LogP contribution is -2.11. The van der Waals surface area contributed by atoms with Gasteiger partial charge >= 0.3 is 5.97 Å². The van der Waals surface area contributed by atoms with Crippen LogP contribution in [0.25, 0.3) is 0 Å². The summed E-state index contributed by atoms with van der Waals surface area (Å²) in [5, 5.41) is 12.2. The van der Waals surface area contributed by atoms with Gasteiger partial charge in [0.25, 0.3) is 0 Å². The monoisotopic (exact) mass is 287 g/mol. The Morgan fingerprint density at radius 1 is 1.14 bits per heavy atom. The molecule has 1 heterocycles. The molecule has 0 fully saturated rings. The molecule has 2 rings (SSSR count). The van der Waals surface area contributed by atoms with Gasteiger partial charge in [-0.1, -0.05) is 32.9 Å². The van der Waals surface area contributed by atoms with E-state index in [9.17, 15) is 4.79 Å². The Morgan fingerprint density at radius 2 is 1.76 bits per heavy atom. The molecule has 0 radical (unpaired) electrons. The molecule has 1 unspecified atom stereocenters. The number of hydrogen-bond acceptors (Lipinski definition) is 3. The van der Waals surface area contributed by atoms with E-state index in [4.69, 9.17) is 9.52 Å². The van der Waals surface area contributed by atoms with Crippen LogP contribution in [0.3, 0.4) is 0 Å². The minimum absolute atomic E-state index is 0.0401. The van der Waals surface area contributed by atoms with Crippen LogP contribution in [0.5, 0.6) is 0 Å². The van der Waals surface area contributed by atoms with E-state index in [2.05, 4.69) is 38.2 Å². The molecule has 4 nitrogen and oxygen atoms in total. The smallest absolute Gasteiger partial charge is 0.371 e. The number of hydrogen-bond donors (Lipinski definition) is 2. The highest BCUT2D eigenvalue weighted by molar-refractivity contribution is 5.84. The maximum Gasteiger partial charge on any atom is 0.371 e. The number of benzene rings is 1. The average Bonchev–Trinajstić information content (AvgIpc) is 2.88. The number of carbonyl (C=O) groups is 1. The van der Waals surface area contributed by atoms with Gasteiger partial charge in [-0.15, -0.1) is 0 Å². The Morgan fingerprint density at radius 3 is 2.24 bits per heavy atom. The molecule has 0 amide bonds. The molecule has 1 aromatic carbocycles. The summed E-state index contributed by atoms with van der Waals surface area (Å²) in [4.78, 5) is 10.8. The molecule has 0 spiro atoms. The van der Waals surface area contributed by atoms with Crippen molar-refractivity contribution in [3.8, 4) is 0 Å². The van der Waals surface area contributed by atoms with Gasteiger partial charge in [-0.05, 0) is 42.2 Å². The summed E-state index contributed by atoms with van der Waals surface area (Å²) < 4.78 is 5.30. The van der Waals surface area contributed by atoms with Crippen LogP contribution >= 0.6 is 0 Å². The molecule has 0 aliphatic carbocycles. The summed E-state index contributed by atoms with van der Waals surface area (Å²) in [6.45, 7) is 8.46. The van der Waals surface area contributed by atoms with Crippen molar-refractivity contribution in [1.29, 1.82) is 0 Å². The Labute approximate surface area is 124 Å². The van der Waals surface area contributed by atoms with Gasteiger partial charge in [0, 0.05) is 5.69 Å². The van der Waals surface area contributed by atoms with E-state index in [1.54, 1.807) is 6.07 Å². The number of aromatic carboxylic acids is 1. The molecule has 21 heavy (non-hydrogen) atoms. The summed E-state index contributed by atoms with van der Waals surface area (Å²) >= 11 is 0. The van der Waals surface area contributed by atoms with Crippen molar-refractivity contribution in [3.05, 3.63) is 53.5 Å². The SMILES string of the molecule is CC(Nc1ccc(C(C)(C)C)cc1)c1ccc(C(=O)O)o1. The molecular weight excluding hydrogens is 266 g/mol.